The first kappa shape index (κ1) is 15.8. The number of primary sulfonamides is 1. The van der Waals surface area contributed by atoms with Crippen molar-refractivity contribution in [2.24, 2.45) is 5.14 Å². The van der Waals surface area contributed by atoms with Crippen LogP contribution in [0.3, 0.4) is 0 Å². The Labute approximate surface area is 114 Å². The lowest BCUT2D eigenvalue weighted by Gasteiger charge is -2.08. The third-order valence-corrected chi connectivity index (χ3v) is 3.40. The summed E-state index contributed by atoms with van der Waals surface area (Å²) in [4.78, 5) is 10.9. The van der Waals surface area contributed by atoms with Gasteiger partial charge in [0.2, 0.25) is 10.0 Å². The Balaban J connectivity index is 3.11. The van der Waals surface area contributed by atoms with Crippen molar-refractivity contribution >= 4 is 27.5 Å². The molecule has 9 heteroatoms. The molecule has 1 aromatic carbocycles. The molecule has 0 spiro atoms. The van der Waals surface area contributed by atoms with Crippen LogP contribution < -0.4 is 10.5 Å². The van der Waals surface area contributed by atoms with Gasteiger partial charge in [-0.1, -0.05) is 11.6 Å². The summed E-state index contributed by atoms with van der Waals surface area (Å²) in [5.74, 6) is -1.76. The monoisotopic (exact) mass is 310 g/mol. The molecular formula is C10H12ClFN2O4S. The van der Waals surface area contributed by atoms with Crippen molar-refractivity contribution in [1.29, 1.82) is 0 Å². The van der Waals surface area contributed by atoms with E-state index in [1.54, 1.807) is 0 Å². The molecule has 0 fully saturated rings. The Morgan fingerprint density at radius 3 is 2.68 bits per heavy atom. The van der Waals surface area contributed by atoms with E-state index >= 15 is 0 Å². The minimum Gasteiger partial charge on any atom is -0.383 e. The number of hydrogen-bond acceptors (Lipinski definition) is 4. The predicted molar refractivity (Wildman–Crippen MR) is 67.0 cm³/mol. The van der Waals surface area contributed by atoms with Crippen LogP contribution in [0.4, 0.5) is 4.39 Å². The molecule has 106 valence electrons. The molecule has 0 aromatic heterocycles. The lowest BCUT2D eigenvalue weighted by Crippen LogP contribution is -2.27. The predicted octanol–water partition coefficient (Wildman–Crippen LogP) is 0.503. The molecule has 0 saturated carbocycles. The van der Waals surface area contributed by atoms with E-state index < -0.39 is 26.6 Å². The third-order valence-electron chi connectivity index (χ3n) is 2.16. The van der Waals surface area contributed by atoms with Crippen LogP contribution in [0.5, 0.6) is 0 Å². The van der Waals surface area contributed by atoms with Gasteiger partial charge in [-0.15, -0.1) is 0 Å². The normalized spacial score (nSPS) is 11.4. The van der Waals surface area contributed by atoms with E-state index in [4.69, 9.17) is 21.5 Å². The molecule has 3 N–H and O–H groups in total. The van der Waals surface area contributed by atoms with Gasteiger partial charge < -0.3 is 10.1 Å². The summed E-state index contributed by atoms with van der Waals surface area (Å²) < 4.78 is 40.4. The highest BCUT2D eigenvalue weighted by atomic mass is 35.5. The zero-order chi connectivity index (χ0) is 14.6. The largest absolute Gasteiger partial charge is 0.383 e. The standard InChI is InChI=1S/C10H12ClFN2O4S/c1-18-3-2-14-10(15)6-4-9(19(13,16)17)8(12)5-7(6)11/h4-5H,2-3H2,1H3,(H,14,15)(H2,13,16,17). The topological polar surface area (TPSA) is 98.5 Å². The summed E-state index contributed by atoms with van der Waals surface area (Å²) in [6.45, 7) is 0.473. The van der Waals surface area contributed by atoms with Gasteiger partial charge in [0.25, 0.3) is 5.91 Å². The Bertz CT molecular complexity index is 591. The Kier molecular flexibility index (Phi) is 5.24. The van der Waals surface area contributed by atoms with Crippen molar-refractivity contribution in [1.82, 2.24) is 5.32 Å². The lowest BCUT2D eigenvalue weighted by atomic mass is 10.2. The Morgan fingerprint density at radius 1 is 1.53 bits per heavy atom. The van der Waals surface area contributed by atoms with Crippen LogP contribution in [0.1, 0.15) is 10.4 Å². The van der Waals surface area contributed by atoms with Gasteiger partial charge in [0.1, 0.15) is 10.7 Å². The zero-order valence-corrected chi connectivity index (χ0v) is 11.5. The van der Waals surface area contributed by atoms with E-state index in [0.717, 1.165) is 12.1 Å². The highest BCUT2D eigenvalue weighted by Crippen LogP contribution is 2.23. The third kappa shape index (κ3) is 4.13. The first-order chi connectivity index (χ1) is 8.77. The fourth-order valence-electron chi connectivity index (χ4n) is 1.28. The second-order valence-electron chi connectivity index (χ2n) is 3.56. The van der Waals surface area contributed by atoms with E-state index in [1.807, 2.05) is 0 Å². The van der Waals surface area contributed by atoms with Crippen LogP contribution >= 0.6 is 11.6 Å². The fourth-order valence-corrected chi connectivity index (χ4v) is 2.13. The molecule has 0 aliphatic heterocycles. The second-order valence-corrected chi connectivity index (χ2v) is 5.49. The number of amides is 1. The molecule has 0 heterocycles. The number of carbonyl (C=O) groups is 1. The number of ether oxygens (including phenoxy) is 1. The summed E-state index contributed by atoms with van der Waals surface area (Å²) >= 11 is 5.69. The molecule has 0 bridgehead atoms. The van der Waals surface area contributed by atoms with Crippen LogP contribution in [0, 0.1) is 5.82 Å². The molecular weight excluding hydrogens is 299 g/mol. The average molecular weight is 311 g/mol. The van der Waals surface area contributed by atoms with Crippen LogP contribution in [-0.2, 0) is 14.8 Å². The van der Waals surface area contributed by atoms with Gasteiger partial charge in [-0.25, -0.2) is 17.9 Å². The summed E-state index contributed by atoms with van der Waals surface area (Å²) in [6, 6.07) is 1.53. The van der Waals surface area contributed by atoms with Crippen molar-refractivity contribution in [2.45, 2.75) is 4.90 Å². The molecule has 0 radical (unpaired) electrons. The number of halogens is 2. The van der Waals surface area contributed by atoms with Gasteiger partial charge in [-0.3, -0.25) is 4.79 Å². The van der Waals surface area contributed by atoms with E-state index in [1.165, 1.54) is 7.11 Å². The van der Waals surface area contributed by atoms with Gasteiger partial charge in [-0.05, 0) is 12.1 Å². The maximum atomic E-state index is 13.4. The average Bonchev–Trinajstić information content (AvgIpc) is 2.27. The molecule has 1 amide bonds. The lowest BCUT2D eigenvalue weighted by molar-refractivity contribution is 0.0937. The summed E-state index contributed by atoms with van der Waals surface area (Å²) in [7, 11) is -2.82. The number of sulfonamides is 1. The van der Waals surface area contributed by atoms with Gasteiger partial charge >= 0.3 is 0 Å². The number of methoxy groups -OCH3 is 1. The minimum atomic E-state index is -4.27. The zero-order valence-electron chi connectivity index (χ0n) is 9.94. The van der Waals surface area contributed by atoms with Crippen molar-refractivity contribution in [2.75, 3.05) is 20.3 Å². The molecule has 0 unspecified atom stereocenters. The number of hydrogen-bond donors (Lipinski definition) is 2. The smallest absolute Gasteiger partial charge is 0.252 e. The fraction of sp³-hybridized carbons (Fsp3) is 0.300. The van der Waals surface area contributed by atoms with Crippen molar-refractivity contribution < 1.29 is 22.3 Å². The molecule has 19 heavy (non-hydrogen) atoms. The van der Waals surface area contributed by atoms with Crippen LogP contribution in [0.2, 0.25) is 5.02 Å². The number of benzene rings is 1. The van der Waals surface area contributed by atoms with E-state index in [0.29, 0.717) is 0 Å². The highest BCUT2D eigenvalue weighted by Gasteiger charge is 2.20. The van der Waals surface area contributed by atoms with Gasteiger partial charge in [0, 0.05) is 13.7 Å². The molecule has 1 rings (SSSR count). The Morgan fingerprint density at radius 2 is 2.16 bits per heavy atom. The number of rotatable bonds is 5. The van der Waals surface area contributed by atoms with Gasteiger partial charge in [0.05, 0.1) is 17.2 Å². The quantitative estimate of drug-likeness (QED) is 0.774. The van der Waals surface area contributed by atoms with Crippen molar-refractivity contribution in [3.05, 3.63) is 28.5 Å². The highest BCUT2D eigenvalue weighted by molar-refractivity contribution is 7.89. The van der Waals surface area contributed by atoms with Crippen LogP contribution in [-0.4, -0.2) is 34.6 Å². The number of carbonyl (C=O) groups excluding carboxylic acids is 1. The molecule has 0 aliphatic carbocycles. The second kappa shape index (κ2) is 6.29. The summed E-state index contributed by atoms with van der Waals surface area (Å²) in [6.07, 6.45) is 0. The van der Waals surface area contributed by atoms with Crippen molar-refractivity contribution in [3.63, 3.8) is 0 Å². The van der Waals surface area contributed by atoms with E-state index in [2.05, 4.69) is 5.32 Å². The molecule has 0 atom stereocenters. The molecule has 1 aromatic rings. The Hall–Kier alpha value is -1.22. The van der Waals surface area contributed by atoms with Crippen LogP contribution in [0.25, 0.3) is 0 Å². The number of nitrogens with two attached hydrogens (primary N) is 1. The SMILES string of the molecule is COCCNC(=O)c1cc(S(N)(=O)=O)c(F)cc1Cl. The summed E-state index contributed by atoms with van der Waals surface area (Å²) in [5.41, 5.74) is -0.178. The minimum absolute atomic E-state index is 0.178. The van der Waals surface area contributed by atoms with E-state index in [-0.39, 0.29) is 23.7 Å². The maximum Gasteiger partial charge on any atom is 0.252 e. The molecule has 6 nitrogen and oxygen atoms in total. The van der Waals surface area contributed by atoms with Gasteiger partial charge in [0.15, 0.2) is 0 Å². The van der Waals surface area contributed by atoms with E-state index in [9.17, 15) is 17.6 Å². The van der Waals surface area contributed by atoms with Crippen LogP contribution in [0.15, 0.2) is 17.0 Å². The first-order valence-electron chi connectivity index (χ1n) is 5.06. The maximum absolute atomic E-state index is 13.4. The summed E-state index contributed by atoms with van der Waals surface area (Å²) in [5, 5.41) is 7.06. The van der Waals surface area contributed by atoms with Gasteiger partial charge in [-0.2, -0.15) is 0 Å². The number of nitrogens with one attached hydrogen (secondary N) is 1. The van der Waals surface area contributed by atoms with Crippen molar-refractivity contribution in [3.8, 4) is 0 Å². The molecule has 0 saturated heterocycles. The first-order valence-corrected chi connectivity index (χ1v) is 6.98. The molecule has 0 aliphatic rings.